The van der Waals surface area contributed by atoms with Crippen LogP contribution in [-0.2, 0) is 6.54 Å². The Bertz CT molecular complexity index is 570. The molecular weight excluding hydrogens is 248 g/mol. The van der Waals surface area contributed by atoms with Crippen LogP contribution in [-0.4, -0.2) is 4.98 Å². The van der Waals surface area contributed by atoms with E-state index in [1.165, 1.54) is 6.07 Å². The molecule has 0 radical (unpaired) electrons. The van der Waals surface area contributed by atoms with Crippen molar-refractivity contribution in [1.29, 1.82) is 0 Å². The Kier molecular flexibility index (Phi) is 4.07. The molecule has 98 valence electrons. The second-order valence-electron chi connectivity index (χ2n) is 3.91. The molecule has 0 fully saturated rings. The van der Waals surface area contributed by atoms with Crippen LogP contribution >= 0.6 is 0 Å². The van der Waals surface area contributed by atoms with Gasteiger partial charge in [0.15, 0.2) is 11.6 Å². The molecule has 0 spiro atoms. The Labute approximate surface area is 110 Å². The normalized spacial score (nSPS) is 10.0. The number of nitrogens with zero attached hydrogens (tertiary/aromatic N) is 1. The second-order valence-corrected chi connectivity index (χ2v) is 3.91. The van der Waals surface area contributed by atoms with E-state index in [-0.39, 0.29) is 0 Å². The zero-order chi connectivity index (χ0) is 13.7. The minimum atomic E-state index is -0.900. The van der Waals surface area contributed by atoms with Crippen molar-refractivity contribution in [2.45, 2.75) is 6.54 Å². The van der Waals surface area contributed by atoms with Crippen molar-refractivity contribution in [3.8, 4) is 0 Å². The Morgan fingerprint density at radius 2 is 2.00 bits per heavy atom. The number of nitrogens with one attached hydrogen (secondary N) is 2. The summed E-state index contributed by atoms with van der Waals surface area (Å²) in [6, 6.07) is 9.16. The van der Waals surface area contributed by atoms with Crippen LogP contribution in [0.1, 0.15) is 5.69 Å². The number of benzene rings is 1. The van der Waals surface area contributed by atoms with E-state index in [0.717, 1.165) is 17.8 Å². The van der Waals surface area contributed by atoms with Crippen molar-refractivity contribution in [2.75, 3.05) is 5.32 Å². The van der Waals surface area contributed by atoms with Gasteiger partial charge in [-0.05, 0) is 24.3 Å². The van der Waals surface area contributed by atoms with Crippen molar-refractivity contribution < 1.29 is 8.78 Å². The summed E-state index contributed by atoms with van der Waals surface area (Å²) < 4.78 is 25.8. The lowest BCUT2D eigenvalue weighted by molar-refractivity contribution is 0.509. The summed E-state index contributed by atoms with van der Waals surface area (Å²) in [5, 5.41) is 5.84. The van der Waals surface area contributed by atoms with Crippen LogP contribution in [0.3, 0.4) is 0 Å². The lowest BCUT2D eigenvalue weighted by Crippen LogP contribution is -2.18. The van der Waals surface area contributed by atoms with Crippen LogP contribution in [0.5, 0.6) is 0 Å². The molecule has 2 N–H and O–H groups in total. The lowest BCUT2D eigenvalue weighted by atomic mass is 10.3. The molecule has 0 saturated heterocycles. The fourth-order valence-corrected chi connectivity index (χ4v) is 1.49. The average Bonchev–Trinajstić information content (AvgIpc) is 2.42. The summed E-state index contributed by atoms with van der Waals surface area (Å²) >= 11 is 0. The Balaban J connectivity index is 1.89. The molecular formula is C14H13F2N3. The van der Waals surface area contributed by atoms with Gasteiger partial charge in [0.25, 0.3) is 0 Å². The van der Waals surface area contributed by atoms with E-state index in [4.69, 9.17) is 0 Å². The highest BCUT2D eigenvalue weighted by Gasteiger charge is 2.03. The van der Waals surface area contributed by atoms with Crippen LogP contribution in [0.2, 0.25) is 0 Å². The monoisotopic (exact) mass is 261 g/mol. The van der Waals surface area contributed by atoms with Crippen LogP contribution in [0, 0.1) is 11.6 Å². The van der Waals surface area contributed by atoms with Gasteiger partial charge in [0.2, 0.25) is 0 Å². The first kappa shape index (κ1) is 13.0. The molecule has 0 atom stereocenters. The van der Waals surface area contributed by atoms with Crippen molar-refractivity contribution in [1.82, 2.24) is 10.3 Å². The quantitative estimate of drug-likeness (QED) is 0.868. The van der Waals surface area contributed by atoms with Gasteiger partial charge in [-0.15, -0.1) is 0 Å². The zero-order valence-corrected chi connectivity index (χ0v) is 10.2. The molecule has 5 heteroatoms. The number of halogens is 2. The van der Waals surface area contributed by atoms with E-state index >= 15 is 0 Å². The minimum Gasteiger partial charge on any atom is -0.366 e. The van der Waals surface area contributed by atoms with Gasteiger partial charge in [0.1, 0.15) is 0 Å². The summed E-state index contributed by atoms with van der Waals surface area (Å²) in [6.07, 6.45) is 1.70. The summed E-state index contributed by atoms with van der Waals surface area (Å²) in [4.78, 5) is 4.14. The molecule has 0 aliphatic heterocycles. The molecule has 2 aromatic rings. The number of aromatic nitrogens is 1. The Morgan fingerprint density at radius 3 is 2.68 bits per heavy atom. The van der Waals surface area contributed by atoms with Gasteiger partial charge in [0.05, 0.1) is 18.1 Å². The standard InChI is InChI=1S/C14H13F2N3/c1-10(18-9-12-4-2-3-7-17-12)19-11-5-6-13(15)14(16)8-11/h2-8,18-19H,1,9H2. The molecule has 1 aromatic heterocycles. The van der Waals surface area contributed by atoms with Gasteiger partial charge in [-0.25, -0.2) is 8.78 Å². The average molecular weight is 261 g/mol. The minimum absolute atomic E-state index is 0.428. The third-order valence-corrected chi connectivity index (χ3v) is 2.42. The molecule has 0 unspecified atom stereocenters. The zero-order valence-electron chi connectivity index (χ0n) is 10.2. The molecule has 0 bridgehead atoms. The summed E-state index contributed by atoms with van der Waals surface area (Å²) in [5.74, 6) is -1.29. The maximum Gasteiger partial charge on any atom is 0.160 e. The molecule has 0 aliphatic rings. The molecule has 0 amide bonds. The number of hydrogen-bond acceptors (Lipinski definition) is 3. The van der Waals surface area contributed by atoms with Crippen molar-refractivity contribution >= 4 is 5.69 Å². The van der Waals surface area contributed by atoms with Gasteiger partial charge in [0, 0.05) is 18.0 Å². The largest absolute Gasteiger partial charge is 0.366 e. The van der Waals surface area contributed by atoms with Gasteiger partial charge in [-0.1, -0.05) is 12.6 Å². The molecule has 3 nitrogen and oxygen atoms in total. The number of pyridine rings is 1. The predicted molar refractivity (Wildman–Crippen MR) is 70.2 cm³/mol. The van der Waals surface area contributed by atoms with Gasteiger partial charge >= 0.3 is 0 Å². The highest BCUT2D eigenvalue weighted by atomic mass is 19.2. The number of anilines is 1. The highest BCUT2D eigenvalue weighted by Crippen LogP contribution is 2.14. The van der Waals surface area contributed by atoms with Gasteiger partial charge < -0.3 is 10.6 Å². The topological polar surface area (TPSA) is 37.0 Å². The molecule has 0 aliphatic carbocycles. The maximum atomic E-state index is 13.0. The van der Waals surface area contributed by atoms with Gasteiger partial charge in [-0.2, -0.15) is 0 Å². The van der Waals surface area contributed by atoms with Crippen LogP contribution in [0.4, 0.5) is 14.5 Å². The first-order valence-electron chi connectivity index (χ1n) is 5.70. The van der Waals surface area contributed by atoms with Crippen molar-refractivity contribution in [3.63, 3.8) is 0 Å². The molecule has 0 saturated carbocycles. The Morgan fingerprint density at radius 1 is 1.16 bits per heavy atom. The van der Waals surface area contributed by atoms with Crippen LogP contribution < -0.4 is 10.6 Å². The van der Waals surface area contributed by atoms with Crippen molar-refractivity contribution in [2.24, 2.45) is 0 Å². The fourth-order valence-electron chi connectivity index (χ4n) is 1.49. The third kappa shape index (κ3) is 3.77. The van der Waals surface area contributed by atoms with Crippen LogP contribution in [0.25, 0.3) is 0 Å². The van der Waals surface area contributed by atoms with E-state index in [1.807, 2.05) is 18.2 Å². The Hall–Kier alpha value is -2.43. The highest BCUT2D eigenvalue weighted by molar-refractivity contribution is 5.47. The van der Waals surface area contributed by atoms with E-state index in [2.05, 4.69) is 22.2 Å². The second kappa shape index (κ2) is 5.95. The number of hydrogen-bond donors (Lipinski definition) is 2. The summed E-state index contributed by atoms with van der Waals surface area (Å²) in [6.45, 7) is 4.25. The first-order chi connectivity index (χ1) is 9.15. The molecule has 2 rings (SSSR count). The fraction of sp³-hybridized carbons (Fsp3) is 0.0714. The van der Waals surface area contributed by atoms with E-state index in [9.17, 15) is 8.78 Å². The van der Waals surface area contributed by atoms with E-state index in [0.29, 0.717) is 18.1 Å². The summed E-state index contributed by atoms with van der Waals surface area (Å²) in [7, 11) is 0. The smallest absolute Gasteiger partial charge is 0.160 e. The van der Waals surface area contributed by atoms with Crippen LogP contribution in [0.15, 0.2) is 55.0 Å². The summed E-state index contributed by atoms with van der Waals surface area (Å²) in [5.41, 5.74) is 1.29. The first-order valence-corrected chi connectivity index (χ1v) is 5.70. The van der Waals surface area contributed by atoms with E-state index < -0.39 is 11.6 Å². The predicted octanol–water partition coefficient (Wildman–Crippen LogP) is 3.03. The molecule has 19 heavy (non-hydrogen) atoms. The maximum absolute atomic E-state index is 13.0. The van der Waals surface area contributed by atoms with Gasteiger partial charge in [-0.3, -0.25) is 4.98 Å². The molecule has 1 aromatic carbocycles. The van der Waals surface area contributed by atoms with Crippen molar-refractivity contribution in [3.05, 3.63) is 72.3 Å². The lowest BCUT2D eigenvalue weighted by Gasteiger charge is -2.12. The number of rotatable bonds is 5. The SMILES string of the molecule is C=C(NCc1ccccn1)Nc1ccc(F)c(F)c1. The molecule has 1 heterocycles. The third-order valence-electron chi connectivity index (χ3n) is 2.42. The van der Waals surface area contributed by atoms with E-state index in [1.54, 1.807) is 6.20 Å².